The Bertz CT molecular complexity index is 937. The molecule has 5 nitrogen and oxygen atoms in total. The fraction of sp³-hybridized carbons (Fsp3) is 0.556. The fourth-order valence-electron chi connectivity index (χ4n) is 5.42. The number of carbonyl (C=O) groups is 2. The van der Waals surface area contributed by atoms with Gasteiger partial charge in [-0.25, -0.2) is 0 Å². The number of rotatable bonds is 8. The number of hydrogen-bond acceptors (Lipinski definition) is 4. The summed E-state index contributed by atoms with van der Waals surface area (Å²) in [6.07, 6.45) is 6.48. The van der Waals surface area contributed by atoms with Crippen molar-refractivity contribution in [3.05, 3.63) is 57.8 Å². The molecule has 2 aliphatic rings. The molecule has 1 aromatic heterocycles. The van der Waals surface area contributed by atoms with Crippen LogP contribution in [0.1, 0.15) is 78.7 Å². The van der Waals surface area contributed by atoms with Crippen LogP contribution in [-0.4, -0.2) is 54.3 Å². The second kappa shape index (κ2) is 10.8. The lowest BCUT2D eigenvalue weighted by molar-refractivity contribution is -0.124. The van der Waals surface area contributed by atoms with Crippen LogP contribution in [0, 0.1) is 5.92 Å². The van der Waals surface area contributed by atoms with Crippen LogP contribution >= 0.6 is 11.3 Å². The minimum Gasteiger partial charge on any atom is -0.354 e. The third-order valence-electron chi connectivity index (χ3n) is 7.08. The quantitative estimate of drug-likeness (QED) is 0.590. The van der Waals surface area contributed by atoms with E-state index in [2.05, 4.69) is 37.2 Å². The van der Waals surface area contributed by atoms with Gasteiger partial charge in [-0.15, -0.1) is 11.3 Å². The maximum Gasteiger partial charge on any atom is 0.254 e. The van der Waals surface area contributed by atoms with Crippen molar-refractivity contribution in [3.63, 3.8) is 0 Å². The largest absolute Gasteiger partial charge is 0.354 e. The van der Waals surface area contributed by atoms with Crippen molar-refractivity contribution in [2.24, 2.45) is 5.92 Å². The first-order chi connectivity index (χ1) is 16.0. The smallest absolute Gasteiger partial charge is 0.254 e. The van der Waals surface area contributed by atoms with Crippen molar-refractivity contribution in [2.75, 3.05) is 26.7 Å². The Balaban J connectivity index is 1.57. The van der Waals surface area contributed by atoms with Gasteiger partial charge in [-0.2, -0.15) is 0 Å². The summed E-state index contributed by atoms with van der Waals surface area (Å²) >= 11 is 1.62. The molecule has 0 spiro atoms. The molecule has 6 heteroatoms. The minimum atomic E-state index is -0.406. The number of likely N-dealkylation sites (N-methyl/N-ethyl adjacent to an activating group) is 1. The predicted molar refractivity (Wildman–Crippen MR) is 135 cm³/mol. The first kappa shape index (κ1) is 24.0. The minimum absolute atomic E-state index is 0.0131. The van der Waals surface area contributed by atoms with E-state index < -0.39 is 5.92 Å². The van der Waals surface area contributed by atoms with E-state index in [1.54, 1.807) is 11.3 Å². The fourth-order valence-corrected chi connectivity index (χ4v) is 6.29. The standard InChI is InChI=1S/C27H37N3O2S/c1-19(2)18-30-25(23-14-9-17-33-23)24(21-12-7-8-13-22(21)27(30)32)26(31)28-15-16-29(3)20-10-5-4-6-11-20/h7-9,12-14,17,19-20,24-25H,4-6,10-11,15-16,18H2,1-3H3,(H,28,31). The molecule has 1 N–H and O–H groups in total. The molecular weight excluding hydrogens is 430 g/mol. The molecule has 4 rings (SSSR count). The number of nitrogens with zero attached hydrogens (tertiary/aromatic N) is 2. The summed E-state index contributed by atoms with van der Waals surface area (Å²) < 4.78 is 0. The molecule has 0 bridgehead atoms. The van der Waals surface area contributed by atoms with Crippen LogP contribution in [0.15, 0.2) is 41.8 Å². The third-order valence-corrected chi connectivity index (χ3v) is 8.02. The monoisotopic (exact) mass is 467 g/mol. The average molecular weight is 468 g/mol. The molecule has 2 amide bonds. The summed E-state index contributed by atoms with van der Waals surface area (Å²) in [5, 5.41) is 5.26. The highest BCUT2D eigenvalue weighted by Crippen LogP contribution is 2.44. The molecule has 33 heavy (non-hydrogen) atoms. The van der Waals surface area contributed by atoms with Gasteiger partial charge in [0.25, 0.3) is 5.91 Å². The van der Waals surface area contributed by atoms with Crippen molar-refractivity contribution in [1.82, 2.24) is 15.1 Å². The number of nitrogens with one attached hydrogen (secondary N) is 1. The maximum atomic E-state index is 13.7. The Labute approximate surface area is 202 Å². The average Bonchev–Trinajstić information content (AvgIpc) is 3.35. The highest BCUT2D eigenvalue weighted by Gasteiger charge is 2.44. The van der Waals surface area contributed by atoms with E-state index >= 15 is 0 Å². The van der Waals surface area contributed by atoms with Gasteiger partial charge in [-0.1, -0.05) is 57.4 Å². The number of benzene rings is 1. The molecule has 1 saturated carbocycles. The van der Waals surface area contributed by atoms with Crippen molar-refractivity contribution in [1.29, 1.82) is 0 Å². The molecule has 1 aliphatic heterocycles. The summed E-state index contributed by atoms with van der Waals surface area (Å²) in [4.78, 5) is 32.6. The van der Waals surface area contributed by atoms with Crippen LogP contribution < -0.4 is 5.32 Å². The second-order valence-corrected chi connectivity index (χ2v) is 10.9. The Kier molecular flexibility index (Phi) is 7.86. The Hall–Kier alpha value is -2.18. The summed E-state index contributed by atoms with van der Waals surface area (Å²) in [5.74, 6) is -0.0521. The van der Waals surface area contributed by atoms with Crippen LogP contribution in [0.4, 0.5) is 0 Å². The van der Waals surface area contributed by atoms with E-state index in [0.29, 0.717) is 30.6 Å². The van der Waals surface area contributed by atoms with Crippen molar-refractivity contribution in [3.8, 4) is 0 Å². The lowest BCUT2D eigenvalue weighted by atomic mass is 9.81. The molecular formula is C27H37N3O2S. The number of thiophene rings is 1. The normalized spacial score (nSPS) is 21.5. The summed E-state index contributed by atoms with van der Waals surface area (Å²) in [7, 11) is 2.18. The number of amides is 2. The van der Waals surface area contributed by atoms with Crippen LogP contribution in [0.25, 0.3) is 0 Å². The number of fused-ring (bicyclic) bond motifs is 1. The highest BCUT2D eigenvalue weighted by atomic mass is 32.1. The lowest BCUT2D eigenvalue weighted by Gasteiger charge is -2.42. The maximum absolute atomic E-state index is 13.7. The zero-order valence-corrected chi connectivity index (χ0v) is 20.9. The number of carbonyl (C=O) groups excluding carboxylic acids is 2. The Morgan fingerprint density at radius 2 is 1.91 bits per heavy atom. The zero-order chi connectivity index (χ0) is 23.4. The van der Waals surface area contributed by atoms with Gasteiger partial charge in [0, 0.05) is 36.1 Å². The van der Waals surface area contributed by atoms with Gasteiger partial charge in [0.15, 0.2) is 0 Å². The Morgan fingerprint density at radius 3 is 2.61 bits per heavy atom. The topological polar surface area (TPSA) is 52.7 Å². The van der Waals surface area contributed by atoms with Crippen LogP contribution in [0.2, 0.25) is 0 Å². The molecule has 1 fully saturated rings. The van der Waals surface area contributed by atoms with Gasteiger partial charge in [-0.3, -0.25) is 9.59 Å². The molecule has 0 saturated heterocycles. The molecule has 2 atom stereocenters. The van der Waals surface area contributed by atoms with Gasteiger partial charge in [0.05, 0.1) is 12.0 Å². The van der Waals surface area contributed by atoms with Gasteiger partial charge in [0.1, 0.15) is 0 Å². The SMILES string of the molecule is CC(C)CN1C(=O)c2ccccc2C(C(=O)NCCN(C)C2CCCCC2)C1c1cccs1. The molecule has 2 heterocycles. The van der Waals surface area contributed by atoms with E-state index in [9.17, 15) is 9.59 Å². The second-order valence-electron chi connectivity index (χ2n) is 9.94. The zero-order valence-electron chi connectivity index (χ0n) is 20.1. The molecule has 2 aromatic rings. The van der Waals surface area contributed by atoms with E-state index in [0.717, 1.165) is 17.0 Å². The van der Waals surface area contributed by atoms with E-state index in [-0.39, 0.29) is 17.9 Å². The lowest BCUT2D eigenvalue weighted by Crippen LogP contribution is -2.49. The molecule has 2 unspecified atom stereocenters. The van der Waals surface area contributed by atoms with Crippen LogP contribution in [0.3, 0.4) is 0 Å². The molecule has 178 valence electrons. The van der Waals surface area contributed by atoms with Gasteiger partial charge < -0.3 is 15.1 Å². The van der Waals surface area contributed by atoms with Gasteiger partial charge in [0.2, 0.25) is 5.91 Å². The van der Waals surface area contributed by atoms with Gasteiger partial charge in [-0.05, 0) is 48.9 Å². The van der Waals surface area contributed by atoms with Crippen molar-refractivity contribution in [2.45, 2.75) is 64.0 Å². The Morgan fingerprint density at radius 1 is 1.15 bits per heavy atom. The summed E-state index contributed by atoms with van der Waals surface area (Å²) in [6, 6.07) is 12.1. The van der Waals surface area contributed by atoms with Gasteiger partial charge >= 0.3 is 0 Å². The van der Waals surface area contributed by atoms with Crippen molar-refractivity contribution >= 4 is 23.2 Å². The first-order valence-corrected chi connectivity index (χ1v) is 13.3. The van der Waals surface area contributed by atoms with Crippen LogP contribution in [0.5, 0.6) is 0 Å². The van der Waals surface area contributed by atoms with Crippen molar-refractivity contribution < 1.29 is 9.59 Å². The molecule has 1 aromatic carbocycles. The molecule has 0 radical (unpaired) electrons. The third kappa shape index (κ3) is 5.33. The van der Waals surface area contributed by atoms with E-state index in [1.807, 2.05) is 40.6 Å². The number of hydrogen-bond donors (Lipinski definition) is 1. The predicted octanol–water partition coefficient (Wildman–Crippen LogP) is 5.07. The van der Waals surface area contributed by atoms with E-state index in [4.69, 9.17) is 0 Å². The van der Waals surface area contributed by atoms with Crippen LogP contribution in [-0.2, 0) is 4.79 Å². The van der Waals surface area contributed by atoms with E-state index in [1.165, 1.54) is 32.1 Å². The molecule has 1 aliphatic carbocycles. The summed E-state index contributed by atoms with van der Waals surface area (Å²) in [6.45, 7) is 6.34. The summed E-state index contributed by atoms with van der Waals surface area (Å²) in [5.41, 5.74) is 1.50. The first-order valence-electron chi connectivity index (χ1n) is 12.4. The highest BCUT2D eigenvalue weighted by molar-refractivity contribution is 7.10.